The normalized spacial score (nSPS) is 40.1. The van der Waals surface area contributed by atoms with Gasteiger partial charge in [0.2, 0.25) is 0 Å². The van der Waals surface area contributed by atoms with E-state index in [-0.39, 0.29) is 5.60 Å². The van der Waals surface area contributed by atoms with E-state index in [4.69, 9.17) is 4.74 Å². The fraction of sp³-hybridized carbons (Fsp3) is 1.00. The van der Waals surface area contributed by atoms with Gasteiger partial charge in [-0.2, -0.15) is 0 Å². The topological polar surface area (TPSA) is 21.3 Å². The molecule has 0 aromatic rings. The first kappa shape index (κ1) is 12.4. The van der Waals surface area contributed by atoms with Crippen molar-refractivity contribution in [2.24, 2.45) is 5.92 Å². The van der Waals surface area contributed by atoms with Gasteiger partial charge in [0.25, 0.3) is 0 Å². The zero-order chi connectivity index (χ0) is 11.4. The lowest BCUT2D eigenvalue weighted by atomic mass is 9.73. The van der Waals surface area contributed by atoms with Crippen LogP contribution in [0.25, 0.3) is 0 Å². The molecule has 1 N–H and O–H groups in total. The number of rotatable bonds is 3. The molecule has 1 atom stereocenters. The van der Waals surface area contributed by atoms with Gasteiger partial charge in [0.1, 0.15) is 0 Å². The molecule has 2 nitrogen and oxygen atoms in total. The SMILES string of the molecule is CCCC1CCC2(CC1)CC(NC)CCO2. The third-order valence-corrected chi connectivity index (χ3v) is 4.61. The molecule has 94 valence electrons. The van der Waals surface area contributed by atoms with Crippen LogP contribution in [-0.2, 0) is 4.74 Å². The van der Waals surface area contributed by atoms with Gasteiger partial charge in [-0.3, -0.25) is 0 Å². The lowest BCUT2D eigenvalue weighted by molar-refractivity contribution is -0.115. The molecule has 1 saturated carbocycles. The quantitative estimate of drug-likeness (QED) is 0.797. The predicted molar refractivity (Wildman–Crippen MR) is 67.6 cm³/mol. The molecule has 1 spiro atoms. The Bertz CT molecular complexity index is 209. The molecule has 0 aromatic carbocycles. The van der Waals surface area contributed by atoms with Crippen LogP contribution in [0.15, 0.2) is 0 Å². The van der Waals surface area contributed by atoms with E-state index in [1.54, 1.807) is 0 Å². The first-order valence-corrected chi connectivity index (χ1v) is 7.09. The van der Waals surface area contributed by atoms with Crippen LogP contribution in [0, 0.1) is 5.92 Å². The maximum atomic E-state index is 6.12. The number of hydrogen-bond acceptors (Lipinski definition) is 2. The minimum Gasteiger partial charge on any atom is -0.375 e. The summed E-state index contributed by atoms with van der Waals surface area (Å²) >= 11 is 0. The molecular weight excluding hydrogens is 198 g/mol. The highest BCUT2D eigenvalue weighted by molar-refractivity contribution is 4.93. The van der Waals surface area contributed by atoms with Gasteiger partial charge in [0.15, 0.2) is 0 Å². The van der Waals surface area contributed by atoms with Crippen molar-refractivity contribution in [3.8, 4) is 0 Å². The van der Waals surface area contributed by atoms with Crippen molar-refractivity contribution in [3.63, 3.8) is 0 Å². The van der Waals surface area contributed by atoms with Crippen LogP contribution in [0.3, 0.4) is 0 Å². The summed E-state index contributed by atoms with van der Waals surface area (Å²) in [5.74, 6) is 0.981. The van der Waals surface area contributed by atoms with Crippen molar-refractivity contribution in [1.29, 1.82) is 0 Å². The second-order valence-corrected chi connectivity index (χ2v) is 5.74. The fourth-order valence-electron chi connectivity index (χ4n) is 3.52. The predicted octanol–water partition coefficient (Wildman–Crippen LogP) is 3.11. The van der Waals surface area contributed by atoms with Crippen molar-refractivity contribution in [2.45, 2.75) is 69.9 Å². The number of ether oxygens (including phenoxy) is 1. The minimum absolute atomic E-state index is 0.246. The Morgan fingerprint density at radius 1 is 1.25 bits per heavy atom. The Morgan fingerprint density at radius 3 is 2.62 bits per heavy atom. The second-order valence-electron chi connectivity index (χ2n) is 5.74. The van der Waals surface area contributed by atoms with Crippen molar-refractivity contribution in [1.82, 2.24) is 5.32 Å². The molecule has 0 amide bonds. The monoisotopic (exact) mass is 225 g/mol. The molecule has 2 heteroatoms. The molecule has 2 aliphatic rings. The summed E-state index contributed by atoms with van der Waals surface area (Å²) in [6, 6.07) is 0.691. The van der Waals surface area contributed by atoms with Crippen LogP contribution in [0.5, 0.6) is 0 Å². The fourth-order valence-corrected chi connectivity index (χ4v) is 3.52. The largest absolute Gasteiger partial charge is 0.375 e. The Kier molecular flexibility index (Phi) is 4.26. The minimum atomic E-state index is 0.246. The second kappa shape index (κ2) is 5.50. The molecule has 1 heterocycles. The number of hydrogen-bond donors (Lipinski definition) is 1. The molecule has 1 unspecified atom stereocenters. The van der Waals surface area contributed by atoms with Crippen molar-refractivity contribution < 1.29 is 4.74 Å². The summed E-state index contributed by atoms with van der Waals surface area (Å²) in [6.45, 7) is 3.27. The Morgan fingerprint density at radius 2 is 2.00 bits per heavy atom. The van der Waals surface area contributed by atoms with E-state index in [2.05, 4.69) is 19.3 Å². The lowest BCUT2D eigenvalue weighted by Gasteiger charge is -2.45. The van der Waals surface area contributed by atoms with Gasteiger partial charge < -0.3 is 10.1 Å². The molecule has 0 aromatic heterocycles. The van der Waals surface area contributed by atoms with Gasteiger partial charge in [-0.05, 0) is 51.5 Å². The molecule has 2 rings (SSSR count). The summed E-state index contributed by atoms with van der Waals surface area (Å²) < 4.78 is 6.12. The summed E-state index contributed by atoms with van der Waals surface area (Å²) in [5, 5.41) is 3.43. The maximum Gasteiger partial charge on any atom is 0.0697 e. The van der Waals surface area contributed by atoms with Crippen LogP contribution >= 0.6 is 0 Å². The Labute approximate surface area is 100 Å². The van der Waals surface area contributed by atoms with Crippen molar-refractivity contribution in [2.75, 3.05) is 13.7 Å². The first-order valence-electron chi connectivity index (χ1n) is 7.09. The molecule has 1 aliphatic heterocycles. The molecule has 16 heavy (non-hydrogen) atoms. The number of nitrogens with one attached hydrogen (secondary N) is 1. The van der Waals surface area contributed by atoms with Crippen LogP contribution in [0.1, 0.15) is 58.3 Å². The van der Waals surface area contributed by atoms with Crippen molar-refractivity contribution in [3.05, 3.63) is 0 Å². The van der Waals surface area contributed by atoms with E-state index in [1.807, 2.05) is 0 Å². The Hall–Kier alpha value is -0.0800. The zero-order valence-corrected chi connectivity index (χ0v) is 10.9. The van der Waals surface area contributed by atoms with E-state index in [9.17, 15) is 0 Å². The molecule has 2 fully saturated rings. The standard InChI is InChI=1S/C14H27NO/c1-3-4-12-5-8-14(9-6-12)11-13(15-2)7-10-16-14/h12-13,15H,3-11H2,1-2H3. The molecular formula is C14H27NO. The van der Waals surface area contributed by atoms with Crippen LogP contribution in [-0.4, -0.2) is 25.3 Å². The molecule has 0 bridgehead atoms. The highest BCUT2D eigenvalue weighted by Gasteiger charge is 2.39. The van der Waals surface area contributed by atoms with Crippen LogP contribution in [0.4, 0.5) is 0 Å². The van der Waals surface area contributed by atoms with E-state index in [0.29, 0.717) is 6.04 Å². The van der Waals surface area contributed by atoms with Gasteiger partial charge >= 0.3 is 0 Å². The first-order chi connectivity index (χ1) is 7.78. The Balaban J connectivity index is 1.85. The summed E-state index contributed by atoms with van der Waals surface area (Å²) in [6.07, 6.45) is 10.6. The van der Waals surface area contributed by atoms with Crippen molar-refractivity contribution >= 4 is 0 Å². The van der Waals surface area contributed by atoms with E-state index >= 15 is 0 Å². The average molecular weight is 225 g/mol. The van der Waals surface area contributed by atoms with Gasteiger partial charge in [-0.25, -0.2) is 0 Å². The van der Waals surface area contributed by atoms with Crippen LogP contribution in [0.2, 0.25) is 0 Å². The molecule has 0 radical (unpaired) electrons. The third-order valence-electron chi connectivity index (χ3n) is 4.61. The zero-order valence-electron chi connectivity index (χ0n) is 10.9. The summed E-state index contributed by atoms with van der Waals surface area (Å²) in [7, 11) is 2.09. The smallest absolute Gasteiger partial charge is 0.0697 e. The molecule has 1 saturated heterocycles. The summed E-state index contributed by atoms with van der Waals surface area (Å²) in [4.78, 5) is 0. The van der Waals surface area contributed by atoms with Gasteiger partial charge in [0, 0.05) is 12.6 Å². The van der Waals surface area contributed by atoms with Gasteiger partial charge in [-0.1, -0.05) is 19.8 Å². The van der Waals surface area contributed by atoms with E-state index in [0.717, 1.165) is 12.5 Å². The highest BCUT2D eigenvalue weighted by atomic mass is 16.5. The lowest BCUT2D eigenvalue weighted by Crippen LogP contribution is -2.48. The highest BCUT2D eigenvalue weighted by Crippen LogP contribution is 2.41. The van der Waals surface area contributed by atoms with E-state index < -0.39 is 0 Å². The summed E-state index contributed by atoms with van der Waals surface area (Å²) in [5.41, 5.74) is 0.246. The van der Waals surface area contributed by atoms with E-state index in [1.165, 1.54) is 51.4 Å². The van der Waals surface area contributed by atoms with Gasteiger partial charge in [-0.15, -0.1) is 0 Å². The third kappa shape index (κ3) is 2.78. The maximum absolute atomic E-state index is 6.12. The molecule has 1 aliphatic carbocycles. The van der Waals surface area contributed by atoms with Crippen LogP contribution < -0.4 is 5.32 Å². The van der Waals surface area contributed by atoms with Gasteiger partial charge in [0.05, 0.1) is 5.60 Å². The average Bonchev–Trinajstić information content (AvgIpc) is 2.33.